The Kier molecular flexibility index (Phi) is 9.57. The molecule has 2 rings (SSSR count). The number of benzene rings is 2. The standard InChI is InChI=1S/C23H23ClN2O8/c1-13(27)25-19(14-4-6-17(24)7-5-14)11-21(29)34-12-20(28)26-18-9-15(22(30)32-2)8-16(10-18)23(31)33-3/h4-10,19H,11-12H2,1-3H3,(H,25,27)(H,26,28). The number of ether oxygens (including phenoxy) is 3. The Labute approximate surface area is 200 Å². The van der Waals surface area contributed by atoms with Gasteiger partial charge in [-0.1, -0.05) is 23.7 Å². The lowest BCUT2D eigenvalue weighted by atomic mass is 10.0. The molecular weight excluding hydrogens is 468 g/mol. The SMILES string of the molecule is COC(=O)c1cc(NC(=O)COC(=O)CC(NC(C)=O)c2ccc(Cl)cc2)cc(C(=O)OC)c1. The van der Waals surface area contributed by atoms with Crippen LogP contribution < -0.4 is 10.6 Å². The number of amides is 2. The van der Waals surface area contributed by atoms with E-state index in [1.807, 2.05) is 0 Å². The van der Waals surface area contributed by atoms with Gasteiger partial charge >= 0.3 is 17.9 Å². The fourth-order valence-corrected chi connectivity index (χ4v) is 3.06. The summed E-state index contributed by atoms with van der Waals surface area (Å²) in [6.07, 6.45) is -0.223. The first-order chi connectivity index (χ1) is 16.1. The molecule has 180 valence electrons. The number of rotatable bonds is 9. The van der Waals surface area contributed by atoms with Gasteiger partial charge in [0.15, 0.2) is 6.61 Å². The highest BCUT2D eigenvalue weighted by Gasteiger charge is 2.20. The Morgan fingerprint density at radius 1 is 0.912 bits per heavy atom. The van der Waals surface area contributed by atoms with E-state index in [1.165, 1.54) is 39.3 Å². The summed E-state index contributed by atoms with van der Waals surface area (Å²) in [5, 5.41) is 5.59. The molecule has 1 unspecified atom stereocenters. The van der Waals surface area contributed by atoms with Gasteiger partial charge in [0.05, 0.1) is 37.8 Å². The molecule has 0 bridgehead atoms. The number of hydrogen-bond acceptors (Lipinski definition) is 8. The smallest absolute Gasteiger partial charge is 0.337 e. The van der Waals surface area contributed by atoms with Crippen LogP contribution in [0.4, 0.5) is 5.69 Å². The number of methoxy groups -OCH3 is 2. The largest absolute Gasteiger partial charge is 0.465 e. The number of halogens is 1. The van der Waals surface area contributed by atoms with Gasteiger partial charge in [0.2, 0.25) is 5.91 Å². The van der Waals surface area contributed by atoms with E-state index < -0.39 is 36.5 Å². The van der Waals surface area contributed by atoms with Crippen molar-refractivity contribution in [1.82, 2.24) is 5.32 Å². The summed E-state index contributed by atoms with van der Waals surface area (Å²) in [7, 11) is 2.34. The molecule has 10 nitrogen and oxygen atoms in total. The van der Waals surface area contributed by atoms with Gasteiger partial charge in [-0.25, -0.2) is 9.59 Å². The third-order valence-corrected chi connectivity index (χ3v) is 4.70. The fraction of sp³-hybridized carbons (Fsp3) is 0.261. The summed E-state index contributed by atoms with van der Waals surface area (Å²) in [6, 6.07) is 9.74. The molecule has 0 heterocycles. The van der Waals surface area contributed by atoms with Crippen LogP contribution in [0, 0.1) is 0 Å². The summed E-state index contributed by atoms with van der Waals surface area (Å²) in [6.45, 7) is 0.676. The van der Waals surface area contributed by atoms with Crippen LogP contribution in [0.3, 0.4) is 0 Å². The van der Waals surface area contributed by atoms with Crippen molar-refractivity contribution < 1.29 is 38.2 Å². The van der Waals surface area contributed by atoms with Gasteiger partial charge in [-0.3, -0.25) is 14.4 Å². The van der Waals surface area contributed by atoms with E-state index in [1.54, 1.807) is 24.3 Å². The maximum absolute atomic E-state index is 12.3. The Morgan fingerprint density at radius 2 is 1.47 bits per heavy atom. The minimum atomic E-state index is -0.734. The third-order valence-electron chi connectivity index (χ3n) is 4.44. The minimum Gasteiger partial charge on any atom is -0.465 e. The zero-order valence-corrected chi connectivity index (χ0v) is 19.4. The van der Waals surface area contributed by atoms with E-state index in [0.717, 1.165) is 0 Å². The predicted molar refractivity (Wildman–Crippen MR) is 121 cm³/mol. The van der Waals surface area contributed by atoms with E-state index in [4.69, 9.17) is 16.3 Å². The lowest BCUT2D eigenvalue weighted by Crippen LogP contribution is -2.29. The molecule has 0 radical (unpaired) electrons. The normalized spacial score (nSPS) is 11.1. The van der Waals surface area contributed by atoms with Gasteiger partial charge in [-0.2, -0.15) is 0 Å². The maximum atomic E-state index is 12.3. The fourth-order valence-electron chi connectivity index (χ4n) is 2.93. The minimum absolute atomic E-state index is 0.0128. The van der Waals surface area contributed by atoms with Crippen LogP contribution in [0.1, 0.15) is 45.7 Å². The summed E-state index contributed by atoms with van der Waals surface area (Å²) < 4.78 is 14.3. The Balaban J connectivity index is 2.03. The van der Waals surface area contributed by atoms with Crippen LogP contribution in [0.2, 0.25) is 5.02 Å². The summed E-state index contributed by atoms with van der Waals surface area (Å²) in [5.74, 6) is -3.24. The van der Waals surface area contributed by atoms with Crippen LogP contribution in [-0.2, 0) is 28.6 Å². The molecule has 11 heteroatoms. The molecule has 2 aromatic rings. The number of esters is 3. The van der Waals surface area contributed by atoms with Gasteiger partial charge < -0.3 is 24.8 Å². The molecule has 0 aromatic heterocycles. The van der Waals surface area contributed by atoms with Crippen LogP contribution in [0.5, 0.6) is 0 Å². The van der Waals surface area contributed by atoms with Crippen molar-refractivity contribution in [2.75, 3.05) is 26.1 Å². The topological polar surface area (TPSA) is 137 Å². The monoisotopic (exact) mass is 490 g/mol. The second-order valence-electron chi connectivity index (χ2n) is 7.00. The van der Waals surface area contributed by atoms with Gasteiger partial charge in [-0.05, 0) is 35.9 Å². The lowest BCUT2D eigenvalue weighted by Gasteiger charge is -2.18. The van der Waals surface area contributed by atoms with Gasteiger partial charge in [0, 0.05) is 17.6 Å². The molecular formula is C23H23ClN2O8. The average molecular weight is 491 g/mol. The molecule has 0 saturated carbocycles. The Hall–Kier alpha value is -3.92. The van der Waals surface area contributed by atoms with Crippen LogP contribution in [-0.4, -0.2) is 50.5 Å². The first-order valence-electron chi connectivity index (χ1n) is 9.92. The maximum Gasteiger partial charge on any atom is 0.337 e. The average Bonchev–Trinajstić information content (AvgIpc) is 2.81. The van der Waals surface area contributed by atoms with E-state index in [2.05, 4.69) is 20.1 Å². The van der Waals surface area contributed by atoms with E-state index in [9.17, 15) is 24.0 Å². The molecule has 0 fully saturated rings. The quantitative estimate of drug-likeness (QED) is 0.404. The molecule has 34 heavy (non-hydrogen) atoms. The highest BCUT2D eigenvalue weighted by Crippen LogP contribution is 2.20. The first-order valence-corrected chi connectivity index (χ1v) is 10.3. The van der Waals surface area contributed by atoms with Crippen molar-refractivity contribution >= 4 is 47.0 Å². The second-order valence-corrected chi connectivity index (χ2v) is 7.44. The molecule has 2 amide bonds. The summed E-state index contributed by atoms with van der Waals surface area (Å²) >= 11 is 5.87. The Morgan fingerprint density at radius 3 is 1.97 bits per heavy atom. The lowest BCUT2D eigenvalue weighted by molar-refractivity contribution is -0.148. The van der Waals surface area contributed by atoms with Crippen molar-refractivity contribution in [3.63, 3.8) is 0 Å². The van der Waals surface area contributed by atoms with Crippen molar-refractivity contribution in [1.29, 1.82) is 0 Å². The zero-order chi connectivity index (χ0) is 25.3. The molecule has 2 aromatic carbocycles. The summed E-state index contributed by atoms with van der Waals surface area (Å²) in [5.41, 5.74) is 0.759. The van der Waals surface area contributed by atoms with Gasteiger partial charge in [0.1, 0.15) is 0 Å². The number of carbonyl (C=O) groups is 5. The third kappa shape index (κ3) is 7.89. The van der Waals surface area contributed by atoms with Crippen molar-refractivity contribution in [3.8, 4) is 0 Å². The highest BCUT2D eigenvalue weighted by atomic mass is 35.5. The first kappa shape index (κ1) is 26.3. The van der Waals surface area contributed by atoms with Crippen molar-refractivity contribution in [2.24, 2.45) is 0 Å². The molecule has 0 saturated heterocycles. The van der Waals surface area contributed by atoms with E-state index >= 15 is 0 Å². The van der Waals surface area contributed by atoms with Crippen molar-refractivity contribution in [3.05, 3.63) is 64.2 Å². The molecule has 0 aliphatic heterocycles. The van der Waals surface area contributed by atoms with E-state index in [0.29, 0.717) is 10.6 Å². The number of nitrogens with one attached hydrogen (secondary N) is 2. The highest BCUT2D eigenvalue weighted by molar-refractivity contribution is 6.30. The number of hydrogen-bond donors (Lipinski definition) is 2. The predicted octanol–water partition coefficient (Wildman–Crippen LogP) is 2.66. The molecule has 0 aliphatic carbocycles. The number of carbonyl (C=O) groups excluding carboxylic acids is 5. The Bertz CT molecular complexity index is 1050. The summed E-state index contributed by atoms with van der Waals surface area (Å²) in [4.78, 5) is 59.8. The van der Waals surface area contributed by atoms with Crippen LogP contribution in [0.25, 0.3) is 0 Å². The van der Waals surface area contributed by atoms with Crippen LogP contribution in [0.15, 0.2) is 42.5 Å². The van der Waals surface area contributed by atoms with Gasteiger partial charge in [0.25, 0.3) is 5.91 Å². The zero-order valence-electron chi connectivity index (χ0n) is 18.7. The van der Waals surface area contributed by atoms with Gasteiger partial charge in [-0.15, -0.1) is 0 Å². The van der Waals surface area contributed by atoms with Crippen LogP contribution >= 0.6 is 11.6 Å². The molecule has 0 aliphatic rings. The molecule has 0 spiro atoms. The molecule has 2 N–H and O–H groups in total. The van der Waals surface area contributed by atoms with E-state index in [-0.39, 0.29) is 29.1 Å². The molecule has 1 atom stereocenters. The number of anilines is 1. The second kappa shape index (κ2) is 12.4. The van der Waals surface area contributed by atoms with Crippen molar-refractivity contribution in [2.45, 2.75) is 19.4 Å².